The molecular weight excluding hydrogens is 390 g/mol. The second kappa shape index (κ2) is 9.71. The molecule has 0 aliphatic carbocycles. The second-order valence-electron chi connectivity index (χ2n) is 6.77. The Bertz CT molecular complexity index is 882. The number of hydrogen-bond acceptors (Lipinski definition) is 6. The third-order valence-corrected chi connectivity index (χ3v) is 4.95. The minimum absolute atomic E-state index is 0.0337. The maximum atomic E-state index is 12.3. The molecule has 2 aromatic rings. The van der Waals surface area contributed by atoms with E-state index in [1.807, 2.05) is 30.3 Å². The normalized spacial score (nSPS) is 15.5. The molecule has 2 aromatic carbocycles. The third-order valence-electron chi connectivity index (χ3n) is 4.72. The van der Waals surface area contributed by atoms with Gasteiger partial charge in [-0.1, -0.05) is 12.2 Å². The lowest BCUT2D eigenvalue weighted by atomic mass is 9.97. The number of ether oxygens (including phenoxy) is 4. The SMILES string of the molecule is COc1cc2c(cc1OCCCCOc1ccc(C(N)=S)cc1)C(=O)C(C)OC2. The summed E-state index contributed by atoms with van der Waals surface area (Å²) in [7, 11) is 1.58. The zero-order valence-corrected chi connectivity index (χ0v) is 17.4. The van der Waals surface area contributed by atoms with Gasteiger partial charge in [0.25, 0.3) is 0 Å². The van der Waals surface area contributed by atoms with Gasteiger partial charge in [0.15, 0.2) is 17.3 Å². The van der Waals surface area contributed by atoms with E-state index >= 15 is 0 Å². The molecule has 6 nitrogen and oxygen atoms in total. The van der Waals surface area contributed by atoms with Crippen LogP contribution in [0.5, 0.6) is 17.2 Å². The summed E-state index contributed by atoms with van der Waals surface area (Å²) in [5.41, 5.74) is 7.87. The first-order valence-corrected chi connectivity index (χ1v) is 9.92. The van der Waals surface area contributed by atoms with Gasteiger partial charge >= 0.3 is 0 Å². The largest absolute Gasteiger partial charge is 0.494 e. The standard InChI is InChI=1S/C22H25NO5S/c1-14-21(24)18-12-20(19(25-2)11-16(18)13-28-14)27-10-4-3-9-26-17-7-5-15(6-8-17)22(23)29/h5-8,11-12,14H,3-4,9-10,13H2,1-2H3,(H2,23,29). The Morgan fingerprint density at radius 3 is 2.48 bits per heavy atom. The van der Waals surface area contributed by atoms with Gasteiger partial charge in [-0.2, -0.15) is 0 Å². The van der Waals surface area contributed by atoms with Crippen LogP contribution in [0.1, 0.15) is 41.3 Å². The molecule has 0 radical (unpaired) electrons. The van der Waals surface area contributed by atoms with Crippen molar-refractivity contribution in [1.82, 2.24) is 0 Å². The molecule has 2 N–H and O–H groups in total. The van der Waals surface area contributed by atoms with Gasteiger partial charge in [-0.3, -0.25) is 4.79 Å². The van der Waals surface area contributed by atoms with E-state index in [4.69, 9.17) is 36.9 Å². The third kappa shape index (κ3) is 5.25. The number of carbonyl (C=O) groups excluding carboxylic acids is 1. The van der Waals surface area contributed by atoms with Crippen LogP contribution in [-0.2, 0) is 11.3 Å². The van der Waals surface area contributed by atoms with Crippen LogP contribution < -0.4 is 19.9 Å². The van der Waals surface area contributed by atoms with Crippen molar-refractivity contribution in [3.63, 3.8) is 0 Å². The molecule has 0 aromatic heterocycles. The first-order chi connectivity index (χ1) is 14.0. The zero-order chi connectivity index (χ0) is 20.8. The van der Waals surface area contributed by atoms with Gasteiger partial charge in [0.2, 0.25) is 0 Å². The maximum Gasteiger partial charge on any atom is 0.191 e. The first kappa shape index (κ1) is 21.1. The molecule has 0 bridgehead atoms. The van der Waals surface area contributed by atoms with Crippen molar-refractivity contribution in [1.29, 1.82) is 0 Å². The maximum absolute atomic E-state index is 12.3. The lowest BCUT2D eigenvalue weighted by molar-refractivity contribution is 0.0335. The minimum Gasteiger partial charge on any atom is -0.494 e. The topological polar surface area (TPSA) is 80.0 Å². The Balaban J connectivity index is 1.48. The van der Waals surface area contributed by atoms with E-state index in [9.17, 15) is 4.79 Å². The summed E-state index contributed by atoms with van der Waals surface area (Å²) in [6.07, 6.45) is 1.20. The molecule has 1 heterocycles. The quantitative estimate of drug-likeness (QED) is 0.494. The number of hydrogen-bond donors (Lipinski definition) is 1. The van der Waals surface area contributed by atoms with Gasteiger partial charge in [-0.05, 0) is 61.7 Å². The van der Waals surface area contributed by atoms with Gasteiger partial charge in [-0.25, -0.2) is 0 Å². The fraction of sp³-hybridized carbons (Fsp3) is 0.364. The summed E-state index contributed by atoms with van der Waals surface area (Å²) < 4.78 is 22.5. The van der Waals surface area contributed by atoms with Crippen LogP contribution in [0.2, 0.25) is 0 Å². The molecule has 29 heavy (non-hydrogen) atoms. The van der Waals surface area contributed by atoms with E-state index in [0.29, 0.717) is 41.9 Å². The highest BCUT2D eigenvalue weighted by molar-refractivity contribution is 7.80. The number of benzene rings is 2. The highest BCUT2D eigenvalue weighted by Crippen LogP contribution is 2.34. The van der Waals surface area contributed by atoms with E-state index in [1.165, 1.54) is 0 Å². The van der Waals surface area contributed by atoms with Gasteiger partial charge in [0.1, 0.15) is 16.8 Å². The first-order valence-electron chi connectivity index (χ1n) is 9.51. The Hall–Kier alpha value is -2.64. The van der Waals surface area contributed by atoms with Crippen molar-refractivity contribution in [2.75, 3.05) is 20.3 Å². The van der Waals surface area contributed by atoms with Gasteiger partial charge in [-0.15, -0.1) is 0 Å². The predicted molar refractivity (Wildman–Crippen MR) is 114 cm³/mol. The Morgan fingerprint density at radius 1 is 1.14 bits per heavy atom. The van der Waals surface area contributed by atoms with E-state index in [0.717, 1.165) is 29.7 Å². The molecule has 154 valence electrons. The number of methoxy groups -OCH3 is 1. The molecule has 0 fully saturated rings. The molecule has 0 amide bonds. The Labute approximate surface area is 175 Å². The fourth-order valence-corrected chi connectivity index (χ4v) is 3.16. The Kier molecular flexibility index (Phi) is 7.06. The van der Waals surface area contributed by atoms with Crippen LogP contribution in [0.3, 0.4) is 0 Å². The van der Waals surface area contributed by atoms with E-state index in [2.05, 4.69) is 0 Å². The number of rotatable bonds is 9. The van der Waals surface area contributed by atoms with Crippen molar-refractivity contribution in [2.24, 2.45) is 5.73 Å². The lowest BCUT2D eigenvalue weighted by Crippen LogP contribution is -2.27. The number of thiocarbonyl (C=S) groups is 1. The molecule has 7 heteroatoms. The van der Waals surface area contributed by atoms with Crippen LogP contribution in [0.15, 0.2) is 36.4 Å². The zero-order valence-electron chi connectivity index (χ0n) is 16.6. The Morgan fingerprint density at radius 2 is 1.83 bits per heavy atom. The molecular formula is C22H25NO5S. The van der Waals surface area contributed by atoms with Crippen molar-refractivity contribution < 1.29 is 23.7 Å². The van der Waals surface area contributed by atoms with Gasteiger partial charge in [0, 0.05) is 11.1 Å². The number of carbonyl (C=O) groups is 1. The molecule has 1 atom stereocenters. The molecule has 0 spiro atoms. The summed E-state index contributed by atoms with van der Waals surface area (Å²) >= 11 is 4.93. The summed E-state index contributed by atoms with van der Waals surface area (Å²) in [6, 6.07) is 11.0. The van der Waals surface area contributed by atoms with E-state index in [1.54, 1.807) is 20.1 Å². The van der Waals surface area contributed by atoms with Crippen LogP contribution in [0, 0.1) is 0 Å². The molecule has 0 saturated heterocycles. The highest BCUT2D eigenvalue weighted by Gasteiger charge is 2.26. The van der Waals surface area contributed by atoms with Crippen LogP contribution >= 0.6 is 12.2 Å². The summed E-state index contributed by atoms with van der Waals surface area (Å²) in [4.78, 5) is 12.7. The van der Waals surface area contributed by atoms with Crippen LogP contribution in [0.25, 0.3) is 0 Å². The summed E-state index contributed by atoms with van der Waals surface area (Å²) in [5, 5.41) is 0. The monoisotopic (exact) mass is 415 g/mol. The van der Waals surface area contributed by atoms with Crippen molar-refractivity contribution in [2.45, 2.75) is 32.5 Å². The molecule has 1 aliphatic heterocycles. The van der Waals surface area contributed by atoms with Gasteiger partial charge < -0.3 is 24.7 Å². The molecule has 1 unspecified atom stereocenters. The minimum atomic E-state index is -0.435. The predicted octanol–water partition coefficient (Wildman–Crippen LogP) is 3.67. The smallest absolute Gasteiger partial charge is 0.191 e. The molecule has 1 aliphatic rings. The van der Waals surface area contributed by atoms with E-state index in [-0.39, 0.29) is 5.78 Å². The van der Waals surface area contributed by atoms with Crippen molar-refractivity contribution in [3.05, 3.63) is 53.1 Å². The van der Waals surface area contributed by atoms with Crippen molar-refractivity contribution in [3.8, 4) is 17.2 Å². The van der Waals surface area contributed by atoms with Gasteiger partial charge in [0.05, 0.1) is 26.9 Å². The number of nitrogens with two attached hydrogens (primary N) is 1. The molecule has 3 rings (SSSR count). The summed E-state index contributed by atoms with van der Waals surface area (Å²) in [6.45, 7) is 3.23. The van der Waals surface area contributed by atoms with E-state index < -0.39 is 6.10 Å². The fourth-order valence-electron chi connectivity index (χ4n) is 3.02. The van der Waals surface area contributed by atoms with Crippen LogP contribution in [-0.4, -0.2) is 37.2 Å². The average Bonchev–Trinajstić information content (AvgIpc) is 2.73. The summed E-state index contributed by atoms with van der Waals surface area (Å²) in [5.74, 6) is 1.91. The number of unbranched alkanes of at least 4 members (excludes halogenated alkanes) is 1. The lowest BCUT2D eigenvalue weighted by Gasteiger charge is -2.23. The molecule has 0 saturated carbocycles. The van der Waals surface area contributed by atoms with Crippen LogP contribution in [0.4, 0.5) is 0 Å². The van der Waals surface area contributed by atoms with Crippen molar-refractivity contribution >= 4 is 23.0 Å². The number of ketones is 1. The number of fused-ring (bicyclic) bond motifs is 1. The second-order valence-corrected chi connectivity index (χ2v) is 7.21. The highest BCUT2D eigenvalue weighted by atomic mass is 32.1. The average molecular weight is 416 g/mol. The number of Topliss-reactive ketones (excluding diaryl/α,β-unsaturated/α-hetero) is 1.